The zero-order valence-electron chi connectivity index (χ0n) is 50.6. The van der Waals surface area contributed by atoms with Crippen molar-refractivity contribution in [3.8, 4) is 80.1 Å². The minimum atomic E-state index is -2.44. The number of rotatable bonds is 5. The molecule has 0 aromatic heterocycles. The molecule has 14 unspecified atom stereocenters. The first-order valence-electron chi connectivity index (χ1n) is 29.7. The van der Waals surface area contributed by atoms with Gasteiger partial charge in [0.1, 0.15) is 101 Å². The summed E-state index contributed by atoms with van der Waals surface area (Å²) in [5, 5.41) is 141. The minimum Gasteiger partial charge on any atom is -0.508 e. The van der Waals surface area contributed by atoms with Crippen molar-refractivity contribution < 1.29 is 118 Å². The zero-order chi connectivity index (χ0) is 70.9. The van der Waals surface area contributed by atoms with Gasteiger partial charge in [-0.15, -0.1) is 0 Å². The van der Waals surface area contributed by atoms with Crippen molar-refractivity contribution in [2.75, 3.05) is 7.05 Å². The van der Waals surface area contributed by atoms with Crippen LogP contribution in [0.2, 0.25) is 10.0 Å². The number of carboxylic acids is 2. The van der Waals surface area contributed by atoms with Crippen LogP contribution >= 0.6 is 23.2 Å². The number of carbonyl (C=O) groups is 8. The third-order valence-corrected chi connectivity index (χ3v) is 17.5. The van der Waals surface area contributed by atoms with Crippen molar-refractivity contribution in [2.45, 2.75) is 85.1 Å². The van der Waals surface area contributed by atoms with Gasteiger partial charge >= 0.3 is 11.9 Å². The van der Waals surface area contributed by atoms with Gasteiger partial charge in [0.05, 0.1) is 16.1 Å². The number of hydrogen-bond donors (Lipinski definition) is 19. The van der Waals surface area contributed by atoms with E-state index in [9.17, 15) is 75.3 Å². The number of aliphatic carboxylic acids is 2. The smallest absolute Gasteiger partial charge is 0.335 e. The summed E-state index contributed by atoms with van der Waals surface area (Å²) < 4.78 is 31.0. The largest absolute Gasteiger partial charge is 0.508 e. The Hall–Kier alpha value is -11.2. The van der Waals surface area contributed by atoms with E-state index in [1.54, 1.807) is 0 Å². The van der Waals surface area contributed by atoms with E-state index in [-0.39, 0.29) is 28.2 Å². The van der Waals surface area contributed by atoms with Crippen LogP contribution in [0.1, 0.15) is 81.4 Å². The molecule has 99 heavy (non-hydrogen) atoms. The normalized spacial score (nSPS) is 26.0. The van der Waals surface area contributed by atoms with Crippen LogP contribution in [0.5, 0.6) is 69.0 Å². The monoisotopic (exact) mass is 1400 g/mol. The molecule has 7 heterocycles. The summed E-state index contributed by atoms with van der Waals surface area (Å²) in [6, 6.07) is 3.17. The second-order valence-electron chi connectivity index (χ2n) is 23.3. The zero-order valence-corrected chi connectivity index (χ0v) is 52.1. The lowest BCUT2D eigenvalue weighted by atomic mass is 9.87. The Morgan fingerprint density at radius 1 is 0.495 bits per heavy atom. The summed E-state index contributed by atoms with van der Waals surface area (Å²) in [7, 11) is 1.37. The van der Waals surface area contributed by atoms with Crippen molar-refractivity contribution >= 4 is 70.6 Å². The average Bonchev–Trinajstić information content (AvgIpc) is 1.74. The maximum absolute atomic E-state index is 16.3. The van der Waals surface area contributed by atoms with E-state index >= 15 is 19.2 Å². The van der Waals surface area contributed by atoms with Gasteiger partial charge in [-0.05, 0) is 113 Å². The van der Waals surface area contributed by atoms with Gasteiger partial charge in [-0.2, -0.15) is 0 Å². The number of ether oxygens (including phenoxy) is 5. The predicted octanol–water partition coefficient (Wildman–Crippen LogP) is 2.27. The molecule has 7 aliphatic heterocycles. The number of hydrogen-bond acceptors (Lipinski definition) is 24. The first kappa shape index (κ1) is 67.8. The standard InChI is InChI=1S/C65H56Cl2N8O24/c1-69-44-21-5-8-33(78)38(15-21)95-28-12-24(11-26(76)18-28)45-58(86)70-46-25-16-39(96-36-9-6-22(13-31(36)66)51(81)49(61(89)71-45)74-57(44)85)55(98-65-43(68)53(83)54(84)56(99-65)64(93)94)40(17-25)97-37-10-7-23(14-32(37)67)52(82)50-62(90)73-48(63(91)92)30-19-27(77)20-35(80)42(30)41-29(3-2-4-34(41)79)47(60(88)75-50)72-59(46)87/h2-20,43-54,56,65,69,76-84H,68H2,1H3,(H,70,86)(H,71,89)(H,72,87)(H,73,90)(H,74,85)(H,75,88)(H,91,92)(H,93,94). The molecular weight excluding hydrogens is 1350 g/mol. The number of amides is 6. The molecule has 1 saturated heterocycles. The van der Waals surface area contributed by atoms with Crippen LogP contribution in [0.4, 0.5) is 0 Å². The van der Waals surface area contributed by atoms with Gasteiger partial charge in [0.25, 0.3) is 0 Å². The second-order valence-corrected chi connectivity index (χ2v) is 24.1. The average molecular weight is 1400 g/mol. The highest BCUT2D eigenvalue weighted by molar-refractivity contribution is 6.32. The molecule has 1 fully saturated rings. The molecule has 15 bridgehead atoms. The van der Waals surface area contributed by atoms with Crippen LogP contribution in [0.3, 0.4) is 0 Å². The van der Waals surface area contributed by atoms with Gasteiger partial charge in [-0.3, -0.25) is 28.8 Å². The number of nitrogens with one attached hydrogen (secondary N) is 7. The summed E-state index contributed by atoms with van der Waals surface area (Å²) in [5.74, 6) is -19.2. The maximum Gasteiger partial charge on any atom is 0.335 e. The first-order valence-corrected chi connectivity index (χ1v) is 30.4. The summed E-state index contributed by atoms with van der Waals surface area (Å²) in [6.45, 7) is 0. The Bertz CT molecular complexity index is 4540. The van der Waals surface area contributed by atoms with Gasteiger partial charge in [0.15, 0.2) is 35.1 Å². The van der Waals surface area contributed by atoms with Gasteiger partial charge in [-0.1, -0.05) is 53.5 Å². The Morgan fingerprint density at radius 2 is 1.03 bits per heavy atom. The summed E-state index contributed by atoms with van der Waals surface area (Å²) in [6.07, 6.45) is -13.0. The Kier molecular flexibility index (Phi) is 18.3. The number of phenolic OH excluding ortho intramolecular Hbond substituents is 5. The lowest BCUT2D eigenvalue weighted by Crippen LogP contribution is -2.64. The Balaban J connectivity index is 1.15. The molecule has 7 aromatic rings. The van der Waals surface area contributed by atoms with Gasteiger partial charge < -0.3 is 123 Å². The molecule has 0 aliphatic carbocycles. The number of aromatic hydroxyl groups is 5. The third-order valence-electron chi connectivity index (χ3n) is 16.9. The number of nitrogens with two attached hydrogens (primary N) is 1. The van der Waals surface area contributed by atoms with E-state index in [1.165, 1.54) is 31.3 Å². The minimum absolute atomic E-state index is 0.128. The lowest BCUT2D eigenvalue weighted by molar-refractivity contribution is -0.236. The van der Waals surface area contributed by atoms with Crippen molar-refractivity contribution in [1.82, 2.24) is 37.2 Å². The van der Waals surface area contributed by atoms with Crippen LogP contribution in [0.25, 0.3) is 11.1 Å². The molecule has 0 spiro atoms. The first-order chi connectivity index (χ1) is 47.1. The highest BCUT2D eigenvalue weighted by atomic mass is 35.5. The predicted molar refractivity (Wildman–Crippen MR) is 336 cm³/mol. The van der Waals surface area contributed by atoms with E-state index in [1.807, 2.05) is 0 Å². The number of carbonyl (C=O) groups excluding carboxylic acids is 6. The quantitative estimate of drug-likeness (QED) is 0.117. The van der Waals surface area contributed by atoms with Crippen LogP contribution in [-0.2, 0) is 43.1 Å². The number of aliphatic hydroxyl groups excluding tert-OH is 4. The molecule has 7 aromatic carbocycles. The molecule has 6 amide bonds. The van der Waals surface area contributed by atoms with E-state index in [2.05, 4.69) is 37.2 Å². The molecule has 32 nitrogen and oxygen atoms in total. The molecule has 20 N–H and O–H groups in total. The van der Waals surface area contributed by atoms with E-state index in [0.29, 0.717) is 0 Å². The second kappa shape index (κ2) is 26.7. The highest BCUT2D eigenvalue weighted by Crippen LogP contribution is 2.50. The lowest BCUT2D eigenvalue weighted by Gasteiger charge is -2.39. The van der Waals surface area contributed by atoms with E-state index in [0.717, 1.165) is 91.0 Å². The van der Waals surface area contributed by atoms with E-state index < -0.39 is 233 Å². The van der Waals surface area contributed by atoms with Gasteiger partial charge in [0.2, 0.25) is 47.5 Å². The number of benzene rings is 7. The van der Waals surface area contributed by atoms with E-state index in [4.69, 9.17) is 52.6 Å². The number of aliphatic hydroxyl groups is 4. The molecule has 7 aliphatic rings. The third kappa shape index (κ3) is 12.9. The van der Waals surface area contributed by atoms with Crippen LogP contribution in [0, 0.1) is 0 Å². The maximum atomic E-state index is 16.3. The van der Waals surface area contributed by atoms with Crippen molar-refractivity contribution in [3.05, 3.63) is 164 Å². The van der Waals surface area contributed by atoms with Crippen molar-refractivity contribution in [3.63, 3.8) is 0 Å². The Morgan fingerprint density at radius 3 is 1.63 bits per heavy atom. The molecule has 34 heteroatoms. The number of carboxylic acid groups (broad SMARTS) is 2. The summed E-state index contributed by atoms with van der Waals surface area (Å²) >= 11 is 14.0. The van der Waals surface area contributed by atoms with Crippen molar-refractivity contribution in [2.24, 2.45) is 5.73 Å². The number of fused-ring (bicyclic) bond motifs is 13. The highest BCUT2D eigenvalue weighted by Gasteiger charge is 2.49. The van der Waals surface area contributed by atoms with Gasteiger partial charge in [0, 0.05) is 28.8 Å². The SMILES string of the molecule is CNC1C(=O)NC2C(=O)NC(C(=O)NC3C(=O)NC4C(=O)NC(C(=O)NC(C(=O)O)c5cc(O)cc(O)c5-c5c(O)cccc54)C(O)c4ccc(c(Cl)c4)Oc4cc3cc(c4OC3OC(C(=O)O)C(O)C(O)C3N)Oc3ccc(cc3Cl)C2O)c2cc(O)cc(c2)Oc2cc1ccc2O. The topological polar surface area (TPSA) is 515 Å². The summed E-state index contributed by atoms with van der Waals surface area (Å²) in [4.78, 5) is 118. The van der Waals surface area contributed by atoms with Crippen LogP contribution < -0.4 is 61.9 Å². The molecule has 14 rings (SSSR count). The molecule has 0 saturated carbocycles. The molecular formula is C65H56Cl2N8O24. The molecule has 0 radical (unpaired) electrons. The van der Waals surface area contributed by atoms with Crippen molar-refractivity contribution in [1.29, 1.82) is 0 Å². The fraction of sp³-hybridized carbons (Fsp3) is 0.231. The number of phenols is 5. The number of likely N-dealkylation sites (N-methyl/N-ethyl adjacent to an activating group) is 1. The fourth-order valence-electron chi connectivity index (χ4n) is 12.1. The summed E-state index contributed by atoms with van der Waals surface area (Å²) in [5.41, 5.74) is 2.60. The van der Waals surface area contributed by atoms with Crippen LogP contribution in [0.15, 0.2) is 115 Å². The Labute approximate surface area is 566 Å². The molecule has 14 atom stereocenters. The number of halogens is 2. The van der Waals surface area contributed by atoms with Gasteiger partial charge in [-0.25, -0.2) is 9.59 Å². The fourth-order valence-corrected chi connectivity index (χ4v) is 12.5. The van der Waals surface area contributed by atoms with Crippen LogP contribution in [-0.4, -0.2) is 153 Å². The molecule has 514 valence electrons.